The van der Waals surface area contributed by atoms with Gasteiger partial charge < -0.3 is 5.32 Å². The number of rotatable bonds is 3. The van der Waals surface area contributed by atoms with E-state index in [4.69, 9.17) is 11.6 Å². The Morgan fingerprint density at radius 1 is 1.23 bits per heavy atom. The van der Waals surface area contributed by atoms with Crippen LogP contribution in [0.1, 0.15) is 10.4 Å². The molecule has 0 aromatic heterocycles. The lowest BCUT2D eigenvalue weighted by Crippen LogP contribution is -2.15. The van der Waals surface area contributed by atoms with Gasteiger partial charge in [-0.15, -0.1) is 0 Å². The summed E-state index contributed by atoms with van der Waals surface area (Å²) in [6, 6.07) is 7.89. The highest BCUT2D eigenvalue weighted by atomic mass is 127. The highest BCUT2D eigenvalue weighted by Crippen LogP contribution is 2.22. The molecule has 2 rings (SSSR count). The van der Waals surface area contributed by atoms with E-state index in [1.807, 2.05) is 22.6 Å². The Bertz CT molecular complexity index is 855. The van der Waals surface area contributed by atoms with Gasteiger partial charge >= 0.3 is 0 Å². The molecule has 0 aliphatic heterocycles. The third-order valence-electron chi connectivity index (χ3n) is 2.79. The molecular formula is C14H10ClFINO3S. The molecule has 0 saturated carbocycles. The maximum atomic E-state index is 13.8. The van der Waals surface area contributed by atoms with Crippen molar-refractivity contribution in [3.05, 3.63) is 56.4 Å². The Morgan fingerprint density at radius 3 is 2.50 bits per heavy atom. The summed E-state index contributed by atoms with van der Waals surface area (Å²) in [5, 5.41) is 2.85. The smallest absolute Gasteiger partial charge is 0.256 e. The summed E-state index contributed by atoms with van der Waals surface area (Å²) in [7, 11) is -3.49. The van der Waals surface area contributed by atoms with Crippen molar-refractivity contribution in [3.8, 4) is 0 Å². The topological polar surface area (TPSA) is 63.2 Å². The van der Waals surface area contributed by atoms with E-state index in [0.717, 1.165) is 24.5 Å². The molecular weight excluding hydrogens is 444 g/mol. The number of sulfone groups is 1. The summed E-state index contributed by atoms with van der Waals surface area (Å²) in [4.78, 5) is 12.1. The lowest BCUT2D eigenvalue weighted by molar-refractivity contribution is 0.102. The number of carbonyl (C=O) groups is 1. The van der Waals surface area contributed by atoms with Crippen molar-refractivity contribution in [2.75, 3.05) is 11.6 Å². The number of nitrogens with one attached hydrogen (secondary N) is 1. The van der Waals surface area contributed by atoms with Crippen molar-refractivity contribution in [1.82, 2.24) is 0 Å². The van der Waals surface area contributed by atoms with Crippen LogP contribution in [0.4, 0.5) is 10.1 Å². The molecule has 0 atom stereocenters. The second-order valence-corrected chi connectivity index (χ2v) is 8.11. The van der Waals surface area contributed by atoms with E-state index in [1.165, 1.54) is 6.07 Å². The molecule has 0 fully saturated rings. The number of anilines is 1. The largest absolute Gasteiger partial charge is 0.319 e. The molecule has 0 aliphatic carbocycles. The highest BCUT2D eigenvalue weighted by molar-refractivity contribution is 14.1. The molecule has 2 aromatic rings. The van der Waals surface area contributed by atoms with Gasteiger partial charge in [-0.05, 0) is 59.0 Å². The third-order valence-corrected chi connectivity index (χ3v) is 5.03. The van der Waals surface area contributed by atoms with Crippen molar-refractivity contribution >= 4 is 55.6 Å². The Kier molecular flexibility index (Phi) is 5.08. The molecule has 0 heterocycles. The van der Waals surface area contributed by atoms with Gasteiger partial charge in [-0.3, -0.25) is 4.79 Å². The van der Waals surface area contributed by atoms with E-state index in [1.54, 1.807) is 12.1 Å². The van der Waals surface area contributed by atoms with Gasteiger partial charge in [-0.2, -0.15) is 0 Å². The lowest BCUT2D eigenvalue weighted by Gasteiger charge is -2.09. The van der Waals surface area contributed by atoms with Gasteiger partial charge in [0.25, 0.3) is 5.91 Å². The van der Waals surface area contributed by atoms with Gasteiger partial charge in [-0.1, -0.05) is 11.6 Å². The summed E-state index contributed by atoms with van der Waals surface area (Å²) in [6.45, 7) is 0. The van der Waals surface area contributed by atoms with Crippen LogP contribution in [-0.4, -0.2) is 20.6 Å². The molecule has 22 heavy (non-hydrogen) atoms. The molecule has 0 bridgehead atoms. The number of benzene rings is 2. The number of amides is 1. The third kappa shape index (κ3) is 3.96. The van der Waals surface area contributed by atoms with Crippen molar-refractivity contribution < 1.29 is 17.6 Å². The molecule has 0 radical (unpaired) electrons. The first-order valence-electron chi connectivity index (χ1n) is 5.94. The summed E-state index contributed by atoms with van der Waals surface area (Å²) >= 11 is 7.75. The lowest BCUT2D eigenvalue weighted by atomic mass is 10.2. The van der Waals surface area contributed by atoms with Crippen LogP contribution in [-0.2, 0) is 9.84 Å². The molecule has 1 N–H and O–H groups in total. The molecule has 2 aromatic carbocycles. The van der Waals surface area contributed by atoms with Crippen LogP contribution >= 0.6 is 34.2 Å². The van der Waals surface area contributed by atoms with Crippen LogP contribution < -0.4 is 5.32 Å². The maximum Gasteiger partial charge on any atom is 0.256 e. The quantitative estimate of drug-likeness (QED) is 0.569. The van der Waals surface area contributed by atoms with Crippen molar-refractivity contribution in [2.45, 2.75) is 4.90 Å². The van der Waals surface area contributed by atoms with Crippen LogP contribution in [0.3, 0.4) is 0 Å². The standard InChI is InChI=1S/C14H10ClFINO3S/c1-22(20,21)9-3-5-11(16)13(7-9)18-14(19)10-4-2-8(15)6-12(10)17/h2-7H,1H3,(H,18,19). The molecule has 8 heteroatoms. The Balaban J connectivity index is 2.36. The van der Waals surface area contributed by atoms with Gasteiger partial charge in [0.2, 0.25) is 0 Å². The summed E-state index contributed by atoms with van der Waals surface area (Å²) in [5.74, 6) is -1.27. The minimum Gasteiger partial charge on any atom is -0.319 e. The minimum atomic E-state index is -3.49. The molecule has 1 amide bonds. The molecule has 0 aliphatic rings. The zero-order valence-corrected chi connectivity index (χ0v) is 15.0. The van der Waals surface area contributed by atoms with E-state index < -0.39 is 21.6 Å². The average Bonchev–Trinajstić information content (AvgIpc) is 2.39. The predicted molar refractivity (Wildman–Crippen MR) is 91.6 cm³/mol. The second-order valence-electron chi connectivity index (χ2n) is 4.49. The number of halogens is 3. The summed E-state index contributed by atoms with van der Waals surface area (Å²) in [6.07, 6.45) is 1.01. The van der Waals surface area contributed by atoms with Crippen molar-refractivity contribution in [2.24, 2.45) is 0 Å². The first-order chi connectivity index (χ1) is 10.2. The van der Waals surface area contributed by atoms with E-state index >= 15 is 0 Å². The van der Waals surface area contributed by atoms with Crippen LogP contribution in [0, 0.1) is 9.39 Å². The number of carbonyl (C=O) groups excluding carboxylic acids is 1. The van der Waals surface area contributed by atoms with Crippen molar-refractivity contribution in [1.29, 1.82) is 0 Å². The van der Waals surface area contributed by atoms with Gasteiger partial charge in [0.1, 0.15) is 5.82 Å². The highest BCUT2D eigenvalue weighted by Gasteiger charge is 2.15. The van der Waals surface area contributed by atoms with E-state index in [0.29, 0.717) is 14.2 Å². The Morgan fingerprint density at radius 2 is 1.91 bits per heavy atom. The predicted octanol–water partition coefficient (Wildman–Crippen LogP) is 3.74. The first-order valence-corrected chi connectivity index (χ1v) is 9.29. The Labute approximate surface area is 145 Å². The number of hydrogen-bond donors (Lipinski definition) is 1. The molecule has 4 nitrogen and oxygen atoms in total. The van der Waals surface area contributed by atoms with E-state index in [9.17, 15) is 17.6 Å². The average molecular weight is 454 g/mol. The first kappa shape index (κ1) is 17.2. The van der Waals surface area contributed by atoms with Crippen LogP contribution in [0.2, 0.25) is 5.02 Å². The van der Waals surface area contributed by atoms with Crippen LogP contribution in [0.15, 0.2) is 41.3 Å². The van der Waals surface area contributed by atoms with E-state index in [-0.39, 0.29) is 10.6 Å². The molecule has 0 saturated heterocycles. The zero-order valence-electron chi connectivity index (χ0n) is 11.2. The van der Waals surface area contributed by atoms with Gasteiger partial charge in [-0.25, -0.2) is 12.8 Å². The minimum absolute atomic E-state index is 0.0741. The molecule has 0 spiro atoms. The fourth-order valence-corrected chi connectivity index (χ4v) is 3.46. The van der Waals surface area contributed by atoms with Crippen LogP contribution in [0.25, 0.3) is 0 Å². The normalized spacial score (nSPS) is 11.3. The van der Waals surface area contributed by atoms with Crippen LogP contribution in [0.5, 0.6) is 0 Å². The van der Waals surface area contributed by atoms with Gasteiger partial charge in [0.05, 0.1) is 16.1 Å². The van der Waals surface area contributed by atoms with Gasteiger partial charge in [0.15, 0.2) is 9.84 Å². The van der Waals surface area contributed by atoms with Crippen molar-refractivity contribution in [3.63, 3.8) is 0 Å². The summed E-state index contributed by atoms with van der Waals surface area (Å²) < 4.78 is 37.4. The Hall–Kier alpha value is -1.19. The SMILES string of the molecule is CS(=O)(=O)c1ccc(F)c(NC(=O)c2ccc(Cl)cc2I)c1. The fourth-order valence-electron chi connectivity index (χ4n) is 1.69. The molecule has 116 valence electrons. The van der Waals surface area contributed by atoms with Gasteiger partial charge in [0, 0.05) is 14.8 Å². The fraction of sp³-hybridized carbons (Fsp3) is 0.0714. The molecule has 0 unspecified atom stereocenters. The van der Waals surface area contributed by atoms with E-state index in [2.05, 4.69) is 5.32 Å². The zero-order chi connectivity index (χ0) is 16.5. The maximum absolute atomic E-state index is 13.8. The summed E-state index contributed by atoms with van der Waals surface area (Å²) in [5.41, 5.74) is 0.118. The second kappa shape index (κ2) is 6.51. The number of hydrogen-bond acceptors (Lipinski definition) is 3. The monoisotopic (exact) mass is 453 g/mol.